The molecule has 0 spiro atoms. The molecule has 18 heavy (non-hydrogen) atoms. The van der Waals surface area contributed by atoms with E-state index >= 15 is 0 Å². The molecule has 4 nitrogen and oxygen atoms in total. The number of nitrogens with zero attached hydrogens (tertiary/aromatic N) is 1. The van der Waals surface area contributed by atoms with Crippen LogP contribution in [0.15, 0.2) is 24.3 Å². The third-order valence-corrected chi connectivity index (χ3v) is 3.23. The zero-order chi connectivity index (χ0) is 12.5. The normalized spacial score (nSPS) is 26.2. The Morgan fingerprint density at radius 3 is 2.61 bits per heavy atom. The summed E-state index contributed by atoms with van der Waals surface area (Å²) in [6.45, 7) is 1.51. The van der Waals surface area contributed by atoms with Crippen molar-refractivity contribution in [2.75, 3.05) is 13.1 Å². The number of epoxide rings is 1. The molecule has 2 aliphatic rings. The quantitative estimate of drug-likeness (QED) is 0.758. The first kappa shape index (κ1) is 11.5. The van der Waals surface area contributed by atoms with Crippen molar-refractivity contribution in [1.82, 2.24) is 4.90 Å². The molecule has 2 atom stereocenters. The minimum absolute atomic E-state index is 0.253. The molecule has 0 saturated carbocycles. The summed E-state index contributed by atoms with van der Waals surface area (Å²) in [5.74, 6) is -0.287. The van der Waals surface area contributed by atoms with E-state index in [1.807, 2.05) is 0 Å². The van der Waals surface area contributed by atoms with Crippen LogP contribution in [0.1, 0.15) is 24.5 Å². The molecule has 0 aromatic heterocycles. The average molecular weight is 251 g/mol. The maximum absolute atomic E-state index is 12.7. The summed E-state index contributed by atoms with van der Waals surface area (Å²) in [7, 11) is 0. The van der Waals surface area contributed by atoms with E-state index in [9.17, 15) is 9.18 Å². The molecule has 1 aromatic rings. The maximum atomic E-state index is 12.7. The number of carbonyl (C=O) groups is 1. The Morgan fingerprint density at radius 2 is 1.94 bits per heavy atom. The van der Waals surface area contributed by atoms with E-state index in [1.165, 1.54) is 12.1 Å². The SMILES string of the molecule is O=C(O[C@H]1O[C@@H]1c1ccc(F)cc1)N1CCCC1. The second-order valence-electron chi connectivity index (χ2n) is 4.55. The Morgan fingerprint density at radius 1 is 1.28 bits per heavy atom. The van der Waals surface area contributed by atoms with Crippen LogP contribution < -0.4 is 0 Å². The van der Waals surface area contributed by atoms with Gasteiger partial charge < -0.3 is 14.4 Å². The monoisotopic (exact) mass is 251 g/mol. The van der Waals surface area contributed by atoms with Gasteiger partial charge in [0.25, 0.3) is 0 Å². The molecule has 5 heteroatoms. The summed E-state index contributed by atoms with van der Waals surface area (Å²) in [6, 6.07) is 6.03. The van der Waals surface area contributed by atoms with Gasteiger partial charge in [-0.15, -0.1) is 0 Å². The lowest BCUT2D eigenvalue weighted by Gasteiger charge is -2.13. The summed E-state index contributed by atoms with van der Waals surface area (Å²) in [5, 5.41) is 0. The predicted octanol–water partition coefficient (Wildman–Crippen LogP) is 2.46. The van der Waals surface area contributed by atoms with Crippen molar-refractivity contribution < 1.29 is 18.7 Å². The zero-order valence-electron chi connectivity index (χ0n) is 9.84. The van der Waals surface area contributed by atoms with E-state index in [0.717, 1.165) is 31.5 Å². The molecule has 0 bridgehead atoms. The highest BCUT2D eigenvalue weighted by molar-refractivity contribution is 5.68. The van der Waals surface area contributed by atoms with Gasteiger partial charge in [0.05, 0.1) is 0 Å². The van der Waals surface area contributed by atoms with Gasteiger partial charge >= 0.3 is 6.09 Å². The highest BCUT2D eigenvalue weighted by Gasteiger charge is 2.44. The van der Waals surface area contributed by atoms with Crippen LogP contribution in [0.25, 0.3) is 0 Å². The molecule has 2 heterocycles. The van der Waals surface area contributed by atoms with Crippen molar-refractivity contribution in [3.63, 3.8) is 0 Å². The second kappa shape index (κ2) is 4.57. The third-order valence-electron chi connectivity index (χ3n) is 3.23. The first-order chi connectivity index (χ1) is 8.74. The van der Waals surface area contributed by atoms with Crippen LogP contribution in [0.4, 0.5) is 9.18 Å². The zero-order valence-corrected chi connectivity index (χ0v) is 9.84. The number of hydrogen-bond acceptors (Lipinski definition) is 3. The average Bonchev–Trinajstić information content (AvgIpc) is 2.92. The van der Waals surface area contributed by atoms with Gasteiger partial charge in [0, 0.05) is 13.1 Å². The van der Waals surface area contributed by atoms with Crippen molar-refractivity contribution in [2.45, 2.75) is 25.2 Å². The topological polar surface area (TPSA) is 42.1 Å². The van der Waals surface area contributed by atoms with E-state index in [0.29, 0.717) is 0 Å². The minimum atomic E-state index is -0.524. The number of rotatable bonds is 2. The van der Waals surface area contributed by atoms with E-state index in [1.54, 1.807) is 17.0 Å². The number of likely N-dealkylation sites (tertiary alicyclic amines) is 1. The fourth-order valence-electron chi connectivity index (χ4n) is 2.15. The van der Waals surface area contributed by atoms with Gasteiger partial charge in [0.2, 0.25) is 6.29 Å². The Kier molecular flexibility index (Phi) is 2.91. The van der Waals surface area contributed by atoms with E-state index in [2.05, 4.69) is 0 Å². The van der Waals surface area contributed by atoms with Gasteiger partial charge in [0.1, 0.15) is 11.9 Å². The van der Waals surface area contributed by atoms with Crippen LogP contribution in [0, 0.1) is 5.82 Å². The Balaban J connectivity index is 1.54. The van der Waals surface area contributed by atoms with Gasteiger partial charge in [-0.05, 0) is 30.5 Å². The van der Waals surface area contributed by atoms with Crippen molar-refractivity contribution in [3.8, 4) is 0 Å². The molecule has 96 valence electrons. The van der Waals surface area contributed by atoms with Gasteiger partial charge in [0.15, 0.2) is 0 Å². The number of halogens is 1. The fraction of sp³-hybridized carbons (Fsp3) is 0.462. The summed E-state index contributed by atoms with van der Waals surface area (Å²) < 4.78 is 23.2. The lowest BCUT2D eigenvalue weighted by molar-refractivity contribution is 0.0658. The lowest BCUT2D eigenvalue weighted by atomic mass is 10.1. The van der Waals surface area contributed by atoms with Crippen LogP contribution in [0.5, 0.6) is 0 Å². The number of benzene rings is 1. The van der Waals surface area contributed by atoms with Crippen LogP contribution >= 0.6 is 0 Å². The van der Waals surface area contributed by atoms with Crippen molar-refractivity contribution in [1.29, 1.82) is 0 Å². The molecule has 0 aliphatic carbocycles. The maximum Gasteiger partial charge on any atom is 0.412 e. The first-order valence-corrected chi connectivity index (χ1v) is 6.10. The molecular weight excluding hydrogens is 237 g/mol. The highest BCUT2D eigenvalue weighted by Crippen LogP contribution is 2.39. The number of carbonyl (C=O) groups excluding carboxylic acids is 1. The van der Waals surface area contributed by atoms with Crippen molar-refractivity contribution in [3.05, 3.63) is 35.6 Å². The molecule has 2 saturated heterocycles. The summed E-state index contributed by atoms with van der Waals surface area (Å²) in [5.41, 5.74) is 0.829. The van der Waals surface area contributed by atoms with Gasteiger partial charge in [-0.25, -0.2) is 9.18 Å². The Bertz CT molecular complexity index is 442. The molecule has 0 radical (unpaired) electrons. The van der Waals surface area contributed by atoms with Gasteiger partial charge in [-0.2, -0.15) is 0 Å². The first-order valence-electron chi connectivity index (χ1n) is 6.10. The third kappa shape index (κ3) is 2.31. The molecule has 2 fully saturated rings. The largest absolute Gasteiger partial charge is 0.416 e. The molecular formula is C13H14FNO3. The summed E-state index contributed by atoms with van der Waals surface area (Å²) in [4.78, 5) is 13.4. The summed E-state index contributed by atoms with van der Waals surface area (Å²) >= 11 is 0. The van der Waals surface area contributed by atoms with Crippen molar-refractivity contribution in [2.24, 2.45) is 0 Å². The second-order valence-corrected chi connectivity index (χ2v) is 4.55. The molecule has 0 unspecified atom stereocenters. The fourth-order valence-corrected chi connectivity index (χ4v) is 2.15. The smallest absolute Gasteiger partial charge is 0.412 e. The van der Waals surface area contributed by atoms with Crippen LogP contribution in [-0.2, 0) is 9.47 Å². The van der Waals surface area contributed by atoms with Crippen LogP contribution in [-0.4, -0.2) is 30.4 Å². The number of ether oxygens (including phenoxy) is 2. The van der Waals surface area contributed by atoms with Crippen molar-refractivity contribution >= 4 is 6.09 Å². The molecule has 2 aliphatic heterocycles. The predicted molar refractivity (Wildman–Crippen MR) is 61.3 cm³/mol. The molecule has 0 N–H and O–H groups in total. The van der Waals surface area contributed by atoms with E-state index in [4.69, 9.17) is 9.47 Å². The van der Waals surface area contributed by atoms with Gasteiger partial charge in [-0.1, -0.05) is 12.1 Å². The molecule has 1 aromatic carbocycles. The van der Waals surface area contributed by atoms with E-state index in [-0.39, 0.29) is 18.0 Å². The minimum Gasteiger partial charge on any atom is -0.416 e. The Hall–Kier alpha value is -1.62. The van der Waals surface area contributed by atoms with Crippen LogP contribution in [0.2, 0.25) is 0 Å². The standard InChI is InChI=1S/C13H14FNO3/c14-10-5-3-9(4-6-10)11-12(17-11)18-13(16)15-7-1-2-8-15/h3-6,11-12H,1-2,7-8H2/t11-,12-/m1/s1. The Labute approximate surface area is 104 Å². The molecule has 1 amide bonds. The van der Waals surface area contributed by atoms with E-state index < -0.39 is 6.29 Å². The number of hydrogen-bond donors (Lipinski definition) is 0. The lowest BCUT2D eigenvalue weighted by Crippen LogP contribution is -2.29. The summed E-state index contributed by atoms with van der Waals surface area (Å²) in [6.07, 6.45) is 0.965. The number of amides is 1. The highest BCUT2D eigenvalue weighted by atomic mass is 19.1. The van der Waals surface area contributed by atoms with Crippen LogP contribution in [0.3, 0.4) is 0 Å². The molecule has 3 rings (SSSR count). The van der Waals surface area contributed by atoms with Gasteiger partial charge in [-0.3, -0.25) is 0 Å².